The topological polar surface area (TPSA) is 55.7 Å². The predicted molar refractivity (Wildman–Crippen MR) is 111 cm³/mol. The molecule has 4 rings (SSSR count). The number of ether oxygens (including phenoxy) is 2. The fraction of sp³-hybridized carbons (Fsp3) is 0.261. The van der Waals surface area contributed by atoms with Gasteiger partial charge in [0, 0.05) is 43.2 Å². The molecule has 0 bridgehead atoms. The third-order valence-electron chi connectivity index (χ3n) is 5.32. The van der Waals surface area contributed by atoms with Gasteiger partial charge in [0.2, 0.25) is 0 Å². The highest BCUT2D eigenvalue weighted by atomic mass is 16.5. The van der Waals surface area contributed by atoms with Crippen LogP contribution in [0.3, 0.4) is 0 Å². The lowest BCUT2D eigenvalue weighted by Crippen LogP contribution is -2.47. The summed E-state index contributed by atoms with van der Waals surface area (Å²) in [5.74, 6) is 1.42. The summed E-state index contributed by atoms with van der Waals surface area (Å²) in [6.07, 6.45) is 2.05. The third kappa shape index (κ3) is 3.78. The van der Waals surface area contributed by atoms with Gasteiger partial charge in [-0.1, -0.05) is 30.3 Å². The Hall–Kier alpha value is -3.41. The molecule has 0 aliphatic carbocycles. The van der Waals surface area contributed by atoms with Gasteiger partial charge >= 0.3 is 6.03 Å². The van der Waals surface area contributed by atoms with E-state index in [4.69, 9.17) is 9.47 Å². The second-order valence-corrected chi connectivity index (χ2v) is 6.97. The van der Waals surface area contributed by atoms with Crippen molar-refractivity contribution in [3.63, 3.8) is 0 Å². The summed E-state index contributed by atoms with van der Waals surface area (Å²) in [5.41, 5.74) is 3.07. The molecule has 6 nitrogen and oxygen atoms in total. The molecule has 1 atom stereocenters. The largest absolute Gasteiger partial charge is 0.497 e. The summed E-state index contributed by atoms with van der Waals surface area (Å²) in [6.45, 7) is 1.86. The molecule has 3 aromatic rings. The van der Waals surface area contributed by atoms with Crippen molar-refractivity contribution in [1.29, 1.82) is 0 Å². The quantitative estimate of drug-likeness (QED) is 0.719. The first kappa shape index (κ1) is 18.9. The van der Waals surface area contributed by atoms with E-state index in [9.17, 15) is 4.79 Å². The fourth-order valence-electron chi connectivity index (χ4n) is 3.85. The van der Waals surface area contributed by atoms with E-state index in [0.29, 0.717) is 18.8 Å². The van der Waals surface area contributed by atoms with Crippen LogP contribution in [0.4, 0.5) is 4.79 Å². The summed E-state index contributed by atoms with van der Waals surface area (Å²) < 4.78 is 13.2. The van der Waals surface area contributed by atoms with Gasteiger partial charge in [0.25, 0.3) is 0 Å². The number of amides is 2. The highest BCUT2D eigenvalue weighted by Crippen LogP contribution is 2.38. The first-order valence-electron chi connectivity index (χ1n) is 9.66. The van der Waals surface area contributed by atoms with E-state index >= 15 is 0 Å². The second kappa shape index (κ2) is 8.31. The normalized spacial score (nSPS) is 15.5. The van der Waals surface area contributed by atoms with E-state index in [1.165, 1.54) is 0 Å². The molecule has 0 radical (unpaired) electrons. The van der Waals surface area contributed by atoms with Gasteiger partial charge in [-0.2, -0.15) is 0 Å². The number of hydrogen-bond donors (Lipinski definition) is 1. The van der Waals surface area contributed by atoms with Gasteiger partial charge in [-0.3, -0.25) is 0 Å². The maximum atomic E-state index is 13.1. The van der Waals surface area contributed by atoms with E-state index < -0.39 is 0 Å². The van der Waals surface area contributed by atoms with Crippen molar-refractivity contribution in [2.75, 3.05) is 20.8 Å². The maximum absolute atomic E-state index is 13.1. The molecule has 2 amide bonds. The molecule has 6 heteroatoms. The minimum absolute atomic E-state index is 0.0934. The zero-order chi connectivity index (χ0) is 20.2. The summed E-state index contributed by atoms with van der Waals surface area (Å²) >= 11 is 0. The lowest BCUT2D eigenvalue weighted by Gasteiger charge is -2.37. The van der Waals surface area contributed by atoms with Gasteiger partial charge in [-0.05, 0) is 29.8 Å². The Bertz CT molecular complexity index is 984. The lowest BCUT2D eigenvalue weighted by molar-refractivity contribution is 0.167. The average molecular weight is 391 g/mol. The Kier molecular flexibility index (Phi) is 5.42. The molecule has 0 spiro atoms. The smallest absolute Gasteiger partial charge is 0.318 e. The van der Waals surface area contributed by atoms with Crippen molar-refractivity contribution in [2.45, 2.75) is 19.1 Å². The molecule has 0 fully saturated rings. The van der Waals surface area contributed by atoms with Gasteiger partial charge < -0.3 is 24.3 Å². The Labute approximate surface area is 170 Å². The van der Waals surface area contributed by atoms with Crippen LogP contribution in [0.2, 0.25) is 0 Å². The highest BCUT2D eigenvalue weighted by Gasteiger charge is 2.34. The van der Waals surface area contributed by atoms with Crippen molar-refractivity contribution in [3.05, 3.63) is 83.7 Å². The lowest BCUT2D eigenvalue weighted by atomic mass is 9.99. The Morgan fingerprint density at radius 1 is 1.03 bits per heavy atom. The Balaban J connectivity index is 1.65. The number of methoxy groups -OCH3 is 2. The monoisotopic (exact) mass is 391 g/mol. The number of nitrogens with zero attached hydrogens (tertiary/aromatic N) is 2. The van der Waals surface area contributed by atoms with Crippen LogP contribution in [0.25, 0.3) is 0 Å². The molecular weight excluding hydrogens is 366 g/mol. The van der Waals surface area contributed by atoms with Crippen LogP contribution in [0.5, 0.6) is 11.5 Å². The number of benzene rings is 2. The summed E-state index contributed by atoms with van der Waals surface area (Å²) in [4.78, 5) is 15.0. The molecule has 29 heavy (non-hydrogen) atoms. The Morgan fingerprint density at radius 3 is 2.62 bits per heavy atom. The van der Waals surface area contributed by atoms with Gasteiger partial charge in [-0.25, -0.2) is 4.79 Å². The van der Waals surface area contributed by atoms with Crippen LogP contribution in [-0.4, -0.2) is 36.3 Å². The van der Waals surface area contributed by atoms with E-state index in [-0.39, 0.29) is 12.1 Å². The molecule has 0 unspecified atom stereocenters. The number of carbonyl (C=O) groups excluding carboxylic acids is 1. The average Bonchev–Trinajstić information content (AvgIpc) is 3.26. The summed E-state index contributed by atoms with van der Waals surface area (Å²) in [5, 5.41) is 3.06. The van der Waals surface area contributed by atoms with Crippen molar-refractivity contribution in [1.82, 2.24) is 14.8 Å². The second-order valence-electron chi connectivity index (χ2n) is 6.97. The number of rotatable bonds is 5. The highest BCUT2D eigenvalue weighted by molar-refractivity contribution is 5.75. The van der Waals surface area contributed by atoms with E-state index in [1.54, 1.807) is 14.2 Å². The van der Waals surface area contributed by atoms with E-state index in [1.807, 2.05) is 59.5 Å². The summed E-state index contributed by atoms with van der Waals surface area (Å²) in [7, 11) is 3.27. The number of urea groups is 1. The first-order chi connectivity index (χ1) is 14.2. The Morgan fingerprint density at radius 2 is 1.86 bits per heavy atom. The molecule has 1 aromatic heterocycles. The molecule has 1 aliphatic heterocycles. The SMILES string of the molecule is COc1ccc([C@H]2c3cccn3CCN2C(=O)NCc2ccccc2)c(OC)c1. The van der Waals surface area contributed by atoms with Crippen molar-refractivity contribution in [2.24, 2.45) is 0 Å². The molecule has 0 saturated heterocycles. The maximum Gasteiger partial charge on any atom is 0.318 e. The zero-order valence-corrected chi connectivity index (χ0v) is 16.7. The minimum Gasteiger partial charge on any atom is -0.497 e. The van der Waals surface area contributed by atoms with E-state index in [2.05, 4.69) is 22.1 Å². The third-order valence-corrected chi connectivity index (χ3v) is 5.32. The molecule has 0 saturated carbocycles. The predicted octanol–water partition coefficient (Wildman–Crippen LogP) is 3.82. The van der Waals surface area contributed by atoms with Crippen molar-refractivity contribution < 1.29 is 14.3 Å². The van der Waals surface area contributed by atoms with Crippen LogP contribution in [0, 0.1) is 0 Å². The van der Waals surface area contributed by atoms with Crippen LogP contribution >= 0.6 is 0 Å². The number of nitrogens with one attached hydrogen (secondary N) is 1. The molecule has 1 N–H and O–H groups in total. The van der Waals surface area contributed by atoms with Gasteiger partial charge in [-0.15, -0.1) is 0 Å². The van der Waals surface area contributed by atoms with Crippen LogP contribution in [0.15, 0.2) is 66.9 Å². The van der Waals surface area contributed by atoms with E-state index in [0.717, 1.165) is 29.1 Å². The molecule has 1 aliphatic rings. The van der Waals surface area contributed by atoms with Gasteiger partial charge in [0.05, 0.1) is 14.2 Å². The number of carbonyl (C=O) groups is 1. The van der Waals surface area contributed by atoms with Crippen LogP contribution < -0.4 is 14.8 Å². The minimum atomic E-state index is -0.240. The van der Waals surface area contributed by atoms with Crippen molar-refractivity contribution >= 4 is 6.03 Å². The molecule has 150 valence electrons. The number of hydrogen-bond acceptors (Lipinski definition) is 3. The first-order valence-corrected chi connectivity index (χ1v) is 9.66. The van der Waals surface area contributed by atoms with Gasteiger partial charge in [0.15, 0.2) is 0 Å². The molecule has 2 aromatic carbocycles. The van der Waals surface area contributed by atoms with Crippen LogP contribution in [-0.2, 0) is 13.1 Å². The fourth-order valence-corrected chi connectivity index (χ4v) is 3.85. The van der Waals surface area contributed by atoms with Crippen LogP contribution in [0.1, 0.15) is 22.9 Å². The van der Waals surface area contributed by atoms with Gasteiger partial charge in [0.1, 0.15) is 17.5 Å². The molecule has 2 heterocycles. The molecular formula is C23H25N3O3. The number of fused-ring (bicyclic) bond motifs is 1. The number of aromatic nitrogens is 1. The zero-order valence-electron chi connectivity index (χ0n) is 16.7. The standard InChI is InChI=1S/C23H25N3O3/c1-28-18-10-11-19(21(15-18)29-2)22-20-9-6-12-25(20)13-14-26(22)23(27)24-16-17-7-4-3-5-8-17/h3-12,15,22H,13-14,16H2,1-2H3,(H,24,27)/t22-/m0/s1. The van der Waals surface area contributed by atoms with Crippen molar-refractivity contribution in [3.8, 4) is 11.5 Å². The summed E-state index contributed by atoms with van der Waals surface area (Å²) in [6, 6.07) is 19.4.